The van der Waals surface area contributed by atoms with Crippen molar-refractivity contribution in [1.82, 2.24) is 10.3 Å². The number of pyridine rings is 1. The normalized spacial score (nSPS) is 11.4. The molecule has 1 atom stereocenters. The van der Waals surface area contributed by atoms with Crippen molar-refractivity contribution in [1.29, 1.82) is 0 Å². The maximum Gasteiger partial charge on any atom is 0.341 e. The molecule has 2 rings (SSSR count). The van der Waals surface area contributed by atoms with Gasteiger partial charge in [-0.25, -0.2) is 9.78 Å². The summed E-state index contributed by atoms with van der Waals surface area (Å²) in [6, 6.07) is 10.5. The summed E-state index contributed by atoms with van der Waals surface area (Å²) in [5.41, 5.74) is 0.274. The van der Waals surface area contributed by atoms with E-state index in [1.807, 2.05) is 18.2 Å². The molecule has 1 aromatic carbocycles. The van der Waals surface area contributed by atoms with Crippen LogP contribution in [0.25, 0.3) is 0 Å². The molecule has 0 unspecified atom stereocenters. The Labute approximate surface area is 155 Å². The lowest BCUT2D eigenvalue weighted by atomic mass is 10.3. The van der Waals surface area contributed by atoms with Crippen LogP contribution < -0.4 is 5.32 Å². The van der Waals surface area contributed by atoms with Crippen molar-refractivity contribution in [3.8, 4) is 0 Å². The van der Waals surface area contributed by atoms with Crippen LogP contribution in [0.1, 0.15) is 17.3 Å². The molecule has 2 aromatic rings. The van der Waals surface area contributed by atoms with Crippen LogP contribution in [-0.4, -0.2) is 29.5 Å². The summed E-state index contributed by atoms with van der Waals surface area (Å²) in [7, 11) is 0. The highest BCUT2D eigenvalue weighted by Gasteiger charge is 2.21. The van der Waals surface area contributed by atoms with E-state index in [0.717, 1.165) is 4.90 Å². The zero-order valence-electron chi connectivity index (χ0n) is 13.6. The number of nitrogens with zero attached hydrogens (tertiary/aromatic N) is 1. The molecule has 0 fully saturated rings. The van der Waals surface area contributed by atoms with Gasteiger partial charge in [0.15, 0.2) is 6.10 Å². The molecule has 5 nitrogen and oxygen atoms in total. The van der Waals surface area contributed by atoms with E-state index < -0.39 is 18.0 Å². The molecule has 0 radical (unpaired) electrons. The zero-order valence-corrected chi connectivity index (χ0v) is 15.1. The highest BCUT2D eigenvalue weighted by atomic mass is 35.5. The fraction of sp³-hybridized carbons (Fsp3) is 0.167. The van der Waals surface area contributed by atoms with Gasteiger partial charge < -0.3 is 10.1 Å². The van der Waals surface area contributed by atoms with Crippen LogP contribution in [0.5, 0.6) is 0 Å². The second-order valence-corrected chi connectivity index (χ2v) is 6.41. The zero-order chi connectivity index (χ0) is 18.2. The van der Waals surface area contributed by atoms with Crippen LogP contribution in [0, 0.1) is 0 Å². The van der Waals surface area contributed by atoms with Crippen molar-refractivity contribution in [2.45, 2.75) is 22.9 Å². The van der Waals surface area contributed by atoms with Crippen LogP contribution >= 0.6 is 23.4 Å². The molecule has 7 heteroatoms. The minimum atomic E-state index is -0.925. The Kier molecular flexibility index (Phi) is 7.03. The number of ether oxygens (including phenoxy) is 1. The van der Waals surface area contributed by atoms with E-state index in [4.69, 9.17) is 16.3 Å². The first kappa shape index (κ1) is 19.0. The van der Waals surface area contributed by atoms with Gasteiger partial charge in [-0.3, -0.25) is 4.79 Å². The average Bonchev–Trinajstić information content (AvgIpc) is 2.61. The van der Waals surface area contributed by atoms with Gasteiger partial charge in [-0.05, 0) is 31.2 Å². The Morgan fingerprint density at radius 2 is 2.12 bits per heavy atom. The topological polar surface area (TPSA) is 68.3 Å². The van der Waals surface area contributed by atoms with Crippen LogP contribution in [0.15, 0.2) is 65.2 Å². The second kappa shape index (κ2) is 9.25. The molecule has 0 spiro atoms. The SMILES string of the molecule is C=CCNC(=O)[C@H](C)OC(=O)c1cccnc1Sc1ccccc1Cl. The number of amides is 1. The first-order valence-corrected chi connectivity index (χ1v) is 8.69. The molecule has 0 saturated carbocycles. The van der Waals surface area contributed by atoms with Crippen molar-refractivity contribution in [3.63, 3.8) is 0 Å². The Hall–Kier alpha value is -2.31. The van der Waals surface area contributed by atoms with Crippen molar-refractivity contribution in [2.75, 3.05) is 6.54 Å². The summed E-state index contributed by atoms with van der Waals surface area (Å²) in [5, 5.41) is 3.60. The summed E-state index contributed by atoms with van der Waals surface area (Å²) in [4.78, 5) is 29.2. The largest absolute Gasteiger partial charge is 0.449 e. The van der Waals surface area contributed by atoms with Crippen molar-refractivity contribution < 1.29 is 14.3 Å². The summed E-state index contributed by atoms with van der Waals surface area (Å²) in [6.07, 6.45) is 2.20. The van der Waals surface area contributed by atoms with Crippen LogP contribution in [-0.2, 0) is 9.53 Å². The minimum absolute atomic E-state index is 0.274. The number of carbonyl (C=O) groups excluding carboxylic acids is 2. The van der Waals surface area contributed by atoms with Crippen molar-refractivity contribution in [3.05, 3.63) is 65.8 Å². The third-order valence-corrected chi connectivity index (χ3v) is 4.64. The van der Waals surface area contributed by atoms with Gasteiger partial charge in [0.2, 0.25) is 0 Å². The molecular formula is C18H17ClN2O3S. The van der Waals surface area contributed by atoms with E-state index in [-0.39, 0.29) is 5.56 Å². The Bertz CT molecular complexity index is 782. The lowest BCUT2D eigenvalue weighted by molar-refractivity contribution is -0.128. The quantitative estimate of drug-likeness (QED) is 0.589. The molecule has 25 heavy (non-hydrogen) atoms. The first-order chi connectivity index (χ1) is 12.0. The monoisotopic (exact) mass is 376 g/mol. The highest BCUT2D eigenvalue weighted by molar-refractivity contribution is 7.99. The molecule has 0 bridgehead atoms. The Morgan fingerprint density at radius 3 is 2.84 bits per heavy atom. The summed E-state index contributed by atoms with van der Waals surface area (Å²) >= 11 is 7.42. The smallest absolute Gasteiger partial charge is 0.341 e. The van der Waals surface area contributed by atoms with Gasteiger partial charge in [-0.2, -0.15) is 0 Å². The molecule has 0 aliphatic carbocycles. The van der Waals surface area contributed by atoms with Gasteiger partial charge in [0.1, 0.15) is 5.03 Å². The van der Waals surface area contributed by atoms with Crippen LogP contribution in [0.3, 0.4) is 0 Å². The number of halogens is 1. The van der Waals surface area contributed by atoms with Gasteiger partial charge in [-0.1, -0.05) is 41.6 Å². The van der Waals surface area contributed by atoms with E-state index in [1.165, 1.54) is 18.7 Å². The second-order valence-electron chi connectivity index (χ2n) is 4.97. The van der Waals surface area contributed by atoms with Gasteiger partial charge in [0, 0.05) is 17.6 Å². The average molecular weight is 377 g/mol. The van der Waals surface area contributed by atoms with Gasteiger partial charge in [0.05, 0.1) is 10.6 Å². The fourth-order valence-corrected chi connectivity index (χ4v) is 3.00. The van der Waals surface area contributed by atoms with E-state index in [9.17, 15) is 9.59 Å². The van der Waals surface area contributed by atoms with Gasteiger partial charge >= 0.3 is 5.97 Å². The summed E-state index contributed by atoms with van der Waals surface area (Å²) in [5.74, 6) is -1.01. The first-order valence-electron chi connectivity index (χ1n) is 7.50. The Balaban J connectivity index is 2.14. The third-order valence-electron chi connectivity index (χ3n) is 3.11. The molecule has 130 valence electrons. The molecule has 0 aliphatic rings. The number of benzene rings is 1. The predicted octanol–water partition coefficient (Wildman–Crippen LogP) is 3.73. The third kappa shape index (κ3) is 5.34. The van der Waals surface area contributed by atoms with Crippen LogP contribution in [0.2, 0.25) is 5.02 Å². The minimum Gasteiger partial charge on any atom is -0.449 e. The fourth-order valence-electron chi connectivity index (χ4n) is 1.85. The molecule has 1 N–H and O–H groups in total. The Morgan fingerprint density at radius 1 is 1.36 bits per heavy atom. The molecule has 1 amide bonds. The molecule has 0 aliphatic heterocycles. The number of hydrogen-bond donors (Lipinski definition) is 1. The van der Waals surface area contributed by atoms with Gasteiger partial charge in [-0.15, -0.1) is 6.58 Å². The number of nitrogens with one attached hydrogen (secondary N) is 1. The number of hydrogen-bond acceptors (Lipinski definition) is 5. The molecule has 1 aromatic heterocycles. The number of rotatable bonds is 7. The van der Waals surface area contributed by atoms with E-state index >= 15 is 0 Å². The van der Waals surface area contributed by atoms with Crippen LogP contribution in [0.4, 0.5) is 0 Å². The lowest BCUT2D eigenvalue weighted by Crippen LogP contribution is -2.35. The maximum absolute atomic E-state index is 12.4. The van der Waals surface area contributed by atoms with E-state index in [2.05, 4.69) is 16.9 Å². The summed E-state index contributed by atoms with van der Waals surface area (Å²) < 4.78 is 5.23. The predicted molar refractivity (Wildman–Crippen MR) is 97.9 cm³/mol. The molecule has 1 heterocycles. The van der Waals surface area contributed by atoms with Gasteiger partial charge in [0.25, 0.3) is 5.91 Å². The highest BCUT2D eigenvalue weighted by Crippen LogP contribution is 2.33. The molecule has 0 saturated heterocycles. The number of carbonyl (C=O) groups is 2. The number of aromatic nitrogens is 1. The van der Waals surface area contributed by atoms with E-state index in [0.29, 0.717) is 16.6 Å². The molecular weight excluding hydrogens is 360 g/mol. The number of esters is 1. The maximum atomic E-state index is 12.4. The van der Waals surface area contributed by atoms with Crippen molar-refractivity contribution in [2.24, 2.45) is 0 Å². The van der Waals surface area contributed by atoms with E-state index in [1.54, 1.807) is 30.5 Å². The standard InChI is InChI=1S/C18H17ClN2O3S/c1-3-10-20-16(22)12(2)24-18(23)13-7-6-11-21-17(13)25-15-9-5-4-8-14(15)19/h3-9,11-12H,1,10H2,2H3,(H,20,22)/t12-/m0/s1. The summed E-state index contributed by atoms with van der Waals surface area (Å²) in [6.45, 7) is 5.33. The van der Waals surface area contributed by atoms with Crippen molar-refractivity contribution >= 4 is 35.2 Å². The lowest BCUT2D eigenvalue weighted by Gasteiger charge is -2.14.